The molecule has 0 amide bonds. The first-order chi connectivity index (χ1) is 8.28. The van der Waals surface area contributed by atoms with Crippen LogP contribution in [-0.2, 0) is 13.1 Å². The molecule has 1 aromatic rings. The van der Waals surface area contributed by atoms with Crippen LogP contribution in [0, 0.1) is 0 Å². The Kier molecular flexibility index (Phi) is 4.12. The molecule has 5 nitrogen and oxygen atoms in total. The van der Waals surface area contributed by atoms with Crippen molar-refractivity contribution in [2.45, 2.75) is 57.7 Å². The Labute approximate surface area is 102 Å². The normalized spacial score (nSPS) is 18.0. The summed E-state index contributed by atoms with van der Waals surface area (Å²) in [5, 5.41) is 20.5. The number of aliphatic hydroxyl groups excluding tert-OH is 1. The Hall–Kier alpha value is -0.940. The van der Waals surface area contributed by atoms with Gasteiger partial charge >= 0.3 is 0 Å². The van der Waals surface area contributed by atoms with Crippen LogP contribution >= 0.6 is 0 Å². The summed E-state index contributed by atoms with van der Waals surface area (Å²) < 4.78 is 1.80. The summed E-state index contributed by atoms with van der Waals surface area (Å²) in [5.74, 6) is 0. The highest BCUT2D eigenvalue weighted by molar-refractivity contribution is 4.99. The third-order valence-corrected chi connectivity index (χ3v) is 3.76. The van der Waals surface area contributed by atoms with Crippen LogP contribution in [0.5, 0.6) is 0 Å². The zero-order valence-corrected chi connectivity index (χ0v) is 10.5. The van der Waals surface area contributed by atoms with E-state index in [0.717, 1.165) is 25.2 Å². The van der Waals surface area contributed by atoms with Crippen LogP contribution in [0.25, 0.3) is 0 Å². The monoisotopic (exact) mass is 238 g/mol. The molecule has 1 aliphatic carbocycles. The van der Waals surface area contributed by atoms with Crippen LogP contribution in [0.3, 0.4) is 0 Å². The Balaban J connectivity index is 1.80. The molecule has 1 heterocycles. The molecule has 2 rings (SSSR count). The van der Waals surface area contributed by atoms with Crippen LogP contribution in [0.2, 0.25) is 0 Å². The van der Waals surface area contributed by atoms with Crippen LogP contribution in [0.1, 0.15) is 44.7 Å². The van der Waals surface area contributed by atoms with E-state index < -0.39 is 0 Å². The van der Waals surface area contributed by atoms with E-state index in [0.29, 0.717) is 5.54 Å². The summed E-state index contributed by atoms with van der Waals surface area (Å²) in [7, 11) is 0. The van der Waals surface area contributed by atoms with Gasteiger partial charge in [-0.3, -0.25) is 4.68 Å². The predicted molar refractivity (Wildman–Crippen MR) is 65.4 cm³/mol. The van der Waals surface area contributed by atoms with Gasteiger partial charge < -0.3 is 10.4 Å². The van der Waals surface area contributed by atoms with E-state index in [2.05, 4.69) is 22.6 Å². The van der Waals surface area contributed by atoms with Crippen molar-refractivity contribution < 1.29 is 5.11 Å². The van der Waals surface area contributed by atoms with Crippen molar-refractivity contribution in [3.05, 3.63) is 11.9 Å². The molecule has 0 aromatic carbocycles. The minimum absolute atomic E-state index is 0.201. The number of nitrogens with zero attached hydrogens (tertiary/aromatic N) is 3. The molecule has 0 spiro atoms. The molecule has 1 saturated carbocycles. The average molecular weight is 238 g/mol. The second-order valence-corrected chi connectivity index (χ2v) is 4.89. The smallest absolute Gasteiger partial charge is 0.0965 e. The van der Waals surface area contributed by atoms with Gasteiger partial charge in [0.05, 0.1) is 5.69 Å². The zero-order valence-electron chi connectivity index (χ0n) is 10.5. The van der Waals surface area contributed by atoms with Gasteiger partial charge in [-0.1, -0.05) is 12.1 Å². The molecule has 5 heteroatoms. The zero-order chi connectivity index (χ0) is 12.1. The first-order valence-corrected chi connectivity index (χ1v) is 6.53. The van der Waals surface area contributed by atoms with Crippen LogP contribution in [0.15, 0.2) is 6.20 Å². The third kappa shape index (κ3) is 3.04. The lowest BCUT2D eigenvalue weighted by Gasteiger charge is -2.42. The molecule has 1 aliphatic rings. The summed E-state index contributed by atoms with van der Waals surface area (Å²) in [6, 6.07) is 0. The van der Waals surface area contributed by atoms with Crippen molar-refractivity contribution in [2.24, 2.45) is 0 Å². The maximum atomic E-state index is 8.74. The second kappa shape index (κ2) is 5.60. The number of aromatic nitrogens is 3. The van der Waals surface area contributed by atoms with Crippen molar-refractivity contribution in [1.82, 2.24) is 20.3 Å². The number of nitrogens with one attached hydrogen (secondary N) is 1. The van der Waals surface area contributed by atoms with Gasteiger partial charge in [0.1, 0.15) is 0 Å². The van der Waals surface area contributed by atoms with Crippen molar-refractivity contribution >= 4 is 0 Å². The largest absolute Gasteiger partial charge is 0.396 e. The molecule has 0 bridgehead atoms. The molecule has 1 aromatic heterocycles. The Morgan fingerprint density at radius 2 is 2.35 bits per heavy atom. The third-order valence-electron chi connectivity index (χ3n) is 3.76. The summed E-state index contributed by atoms with van der Waals surface area (Å²) in [5.41, 5.74) is 1.34. The minimum Gasteiger partial charge on any atom is -0.396 e. The van der Waals surface area contributed by atoms with Gasteiger partial charge in [-0.05, 0) is 32.1 Å². The van der Waals surface area contributed by atoms with E-state index in [-0.39, 0.29) is 6.61 Å². The lowest BCUT2D eigenvalue weighted by atomic mass is 9.75. The molecule has 2 N–H and O–H groups in total. The van der Waals surface area contributed by atoms with Gasteiger partial charge in [-0.15, -0.1) is 5.10 Å². The lowest BCUT2D eigenvalue weighted by Crippen LogP contribution is -2.49. The van der Waals surface area contributed by atoms with Gasteiger partial charge in [-0.25, -0.2) is 0 Å². The summed E-state index contributed by atoms with van der Waals surface area (Å²) in [6.07, 6.45) is 7.78. The molecule has 0 radical (unpaired) electrons. The maximum absolute atomic E-state index is 8.74. The highest BCUT2D eigenvalue weighted by Gasteiger charge is 2.34. The highest BCUT2D eigenvalue weighted by atomic mass is 16.3. The second-order valence-electron chi connectivity index (χ2n) is 4.89. The fourth-order valence-electron chi connectivity index (χ4n) is 2.30. The van der Waals surface area contributed by atoms with E-state index in [1.54, 1.807) is 4.68 Å². The average Bonchev–Trinajstić information content (AvgIpc) is 2.74. The molecule has 0 unspecified atom stereocenters. The number of hydrogen-bond acceptors (Lipinski definition) is 4. The van der Waals surface area contributed by atoms with E-state index in [1.165, 1.54) is 25.7 Å². The van der Waals surface area contributed by atoms with E-state index in [4.69, 9.17) is 5.11 Å². The molecule has 0 aliphatic heterocycles. The number of hydrogen-bond donors (Lipinski definition) is 2. The van der Waals surface area contributed by atoms with E-state index >= 15 is 0 Å². The van der Waals surface area contributed by atoms with E-state index in [1.807, 2.05) is 6.20 Å². The molecule has 96 valence electrons. The van der Waals surface area contributed by atoms with Crippen LogP contribution in [-0.4, -0.2) is 32.2 Å². The van der Waals surface area contributed by atoms with Gasteiger partial charge in [0.25, 0.3) is 0 Å². The predicted octanol–water partition coefficient (Wildman–Crippen LogP) is 1.08. The lowest BCUT2D eigenvalue weighted by molar-refractivity contribution is 0.175. The molecule has 17 heavy (non-hydrogen) atoms. The van der Waals surface area contributed by atoms with Gasteiger partial charge in [0.15, 0.2) is 0 Å². The quantitative estimate of drug-likeness (QED) is 0.746. The molecular weight excluding hydrogens is 216 g/mol. The molecule has 0 saturated heterocycles. The van der Waals surface area contributed by atoms with Crippen molar-refractivity contribution in [2.75, 3.05) is 6.61 Å². The molecular formula is C12H22N4O. The standard InChI is InChI=1S/C12H22N4O/c1-2-12(5-3-6-12)13-9-11-10-16(15-14-11)7-4-8-17/h10,13,17H,2-9H2,1H3. The Morgan fingerprint density at radius 1 is 1.53 bits per heavy atom. The van der Waals surface area contributed by atoms with Crippen molar-refractivity contribution in [3.8, 4) is 0 Å². The first-order valence-electron chi connectivity index (χ1n) is 6.53. The molecule has 0 atom stereocenters. The minimum atomic E-state index is 0.201. The van der Waals surface area contributed by atoms with Gasteiger partial charge in [0.2, 0.25) is 0 Å². The highest BCUT2D eigenvalue weighted by Crippen LogP contribution is 2.34. The fourth-order valence-corrected chi connectivity index (χ4v) is 2.30. The molecule has 1 fully saturated rings. The number of aliphatic hydroxyl groups is 1. The van der Waals surface area contributed by atoms with Gasteiger partial charge in [-0.2, -0.15) is 0 Å². The number of rotatable bonds is 7. The van der Waals surface area contributed by atoms with E-state index in [9.17, 15) is 0 Å². The Bertz CT molecular complexity index is 341. The summed E-state index contributed by atoms with van der Waals surface area (Å²) >= 11 is 0. The van der Waals surface area contributed by atoms with Crippen LogP contribution < -0.4 is 5.32 Å². The fraction of sp³-hybridized carbons (Fsp3) is 0.833. The Morgan fingerprint density at radius 3 is 2.94 bits per heavy atom. The number of aryl methyl sites for hydroxylation is 1. The van der Waals surface area contributed by atoms with Crippen molar-refractivity contribution in [3.63, 3.8) is 0 Å². The topological polar surface area (TPSA) is 63.0 Å². The summed E-state index contributed by atoms with van der Waals surface area (Å²) in [6.45, 7) is 3.98. The van der Waals surface area contributed by atoms with Crippen molar-refractivity contribution in [1.29, 1.82) is 0 Å². The first kappa shape index (κ1) is 12.5. The maximum Gasteiger partial charge on any atom is 0.0965 e. The SMILES string of the molecule is CCC1(NCc2cn(CCCO)nn2)CCC1. The summed E-state index contributed by atoms with van der Waals surface area (Å²) in [4.78, 5) is 0. The van der Waals surface area contributed by atoms with Gasteiger partial charge in [0, 0.05) is 31.4 Å². The van der Waals surface area contributed by atoms with Crippen LogP contribution in [0.4, 0.5) is 0 Å².